The first-order valence-electron chi connectivity index (χ1n) is 5.89. The Morgan fingerprint density at radius 3 is 2.88 bits per heavy atom. The van der Waals surface area contributed by atoms with Gasteiger partial charge < -0.3 is 15.2 Å². The van der Waals surface area contributed by atoms with Gasteiger partial charge in [0.1, 0.15) is 0 Å². The van der Waals surface area contributed by atoms with Crippen molar-refractivity contribution in [2.75, 3.05) is 13.1 Å². The van der Waals surface area contributed by atoms with E-state index < -0.39 is 5.97 Å². The topological polar surface area (TPSA) is 76.4 Å². The standard InChI is InChI=1S/C11H15N3O3/c15-11(16)10-8-5-17-6-9(8)13-14(10)7-1-3-12-4-2-7/h7,12H,1-6H2,(H,15,16). The summed E-state index contributed by atoms with van der Waals surface area (Å²) in [6, 6.07) is 0.202. The molecule has 0 saturated carbocycles. The first-order valence-corrected chi connectivity index (χ1v) is 5.89. The molecule has 1 fully saturated rings. The van der Waals surface area contributed by atoms with Crippen LogP contribution < -0.4 is 5.32 Å². The van der Waals surface area contributed by atoms with E-state index in [1.54, 1.807) is 4.68 Å². The normalized spacial score (nSPS) is 20.5. The van der Waals surface area contributed by atoms with Crippen LogP contribution in [-0.2, 0) is 18.0 Å². The van der Waals surface area contributed by atoms with Crippen molar-refractivity contribution in [2.24, 2.45) is 0 Å². The van der Waals surface area contributed by atoms with Crippen LogP contribution in [0.1, 0.15) is 40.6 Å². The van der Waals surface area contributed by atoms with Gasteiger partial charge in [-0.05, 0) is 25.9 Å². The van der Waals surface area contributed by atoms with Crippen molar-refractivity contribution < 1.29 is 14.6 Å². The molecule has 2 aliphatic rings. The quantitative estimate of drug-likeness (QED) is 0.785. The molecule has 0 aromatic carbocycles. The summed E-state index contributed by atoms with van der Waals surface area (Å²) in [5.41, 5.74) is 1.88. The predicted octanol–water partition coefficient (Wildman–Crippen LogP) is 0.536. The molecule has 3 rings (SSSR count). The van der Waals surface area contributed by atoms with Gasteiger partial charge in [-0.2, -0.15) is 5.10 Å². The van der Waals surface area contributed by atoms with Crippen molar-refractivity contribution >= 4 is 5.97 Å². The number of aromatic carboxylic acids is 1. The number of fused-ring (bicyclic) bond motifs is 1. The van der Waals surface area contributed by atoms with E-state index in [9.17, 15) is 9.90 Å². The van der Waals surface area contributed by atoms with Gasteiger partial charge in [-0.15, -0.1) is 0 Å². The summed E-state index contributed by atoms with van der Waals surface area (Å²) in [7, 11) is 0. The molecule has 0 radical (unpaired) electrons. The third kappa shape index (κ3) is 1.73. The molecule has 6 nitrogen and oxygen atoms in total. The highest BCUT2D eigenvalue weighted by atomic mass is 16.5. The second-order valence-electron chi connectivity index (χ2n) is 4.50. The Labute approximate surface area is 98.6 Å². The number of nitrogens with zero attached hydrogens (tertiary/aromatic N) is 2. The van der Waals surface area contributed by atoms with Gasteiger partial charge in [0.25, 0.3) is 0 Å². The molecule has 1 saturated heterocycles. The molecule has 0 unspecified atom stereocenters. The largest absolute Gasteiger partial charge is 0.477 e. The lowest BCUT2D eigenvalue weighted by atomic mass is 10.1. The Bertz CT molecular complexity index is 449. The van der Waals surface area contributed by atoms with Gasteiger partial charge in [-0.1, -0.05) is 0 Å². The second-order valence-corrected chi connectivity index (χ2v) is 4.50. The zero-order valence-electron chi connectivity index (χ0n) is 9.48. The maximum absolute atomic E-state index is 11.4. The first-order chi connectivity index (χ1) is 8.27. The molecule has 6 heteroatoms. The van der Waals surface area contributed by atoms with Gasteiger partial charge in [-0.25, -0.2) is 4.79 Å². The third-order valence-electron chi connectivity index (χ3n) is 3.43. The minimum atomic E-state index is -0.900. The van der Waals surface area contributed by atoms with Crippen LogP contribution in [0.25, 0.3) is 0 Å². The summed E-state index contributed by atoms with van der Waals surface area (Å²) < 4.78 is 6.94. The first kappa shape index (κ1) is 10.7. The lowest BCUT2D eigenvalue weighted by Crippen LogP contribution is -2.31. The molecule has 0 spiro atoms. The minimum absolute atomic E-state index is 0.202. The second kappa shape index (κ2) is 4.12. The fourth-order valence-electron chi connectivity index (χ4n) is 2.58. The van der Waals surface area contributed by atoms with Crippen LogP contribution in [0.3, 0.4) is 0 Å². The molecule has 1 aromatic rings. The highest BCUT2D eigenvalue weighted by Gasteiger charge is 2.30. The van der Waals surface area contributed by atoms with E-state index in [-0.39, 0.29) is 6.04 Å². The van der Waals surface area contributed by atoms with Crippen molar-refractivity contribution in [3.8, 4) is 0 Å². The average molecular weight is 237 g/mol. The maximum Gasteiger partial charge on any atom is 0.354 e. The van der Waals surface area contributed by atoms with E-state index in [0.717, 1.165) is 37.2 Å². The van der Waals surface area contributed by atoms with E-state index in [1.165, 1.54) is 0 Å². The average Bonchev–Trinajstić information content (AvgIpc) is 2.88. The Morgan fingerprint density at radius 1 is 1.41 bits per heavy atom. The Kier molecular flexibility index (Phi) is 2.60. The third-order valence-corrected chi connectivity index (χ3v) is 3.43. The van der Waals surface area contributed by atoms with Gasteiger partial charge in [0.05, 0.1) is 24.9 Å². The fraction of sp³-hybridized carbons (Fsp3) is 0.636. The Morgan fingerprint density at radius 2 is 2.18 bits per heavy atom. The van der Waals surface area contributed by atoms with Gasteiger partial charge in [0.2, 0.25) is 0 Å². The van der Waals surface area contributed by atoms with E-state index in [4.69, 9.17) is 4.74 Å². The van der Waals surface area contributed by atoms with Crippen LogP contribution in [0, 0.1) is 0 Å². The van der Waals surface area contributed by atoms with E-state index in [1.807, 2.05) is 0 Å². The molecule has 17 heavy (non-hydrogen) atoms. The zero-order valence-corrected chi connectivity index (χ0v) is 9.48. The fourth-order valence-corrected chi connectivity index (χ4v) is 2.58. The number of piperidine rings is 1. The molecular formula is C11H15N3O3. The van der Waals surface area contributed by atoms with Crippen LogP contribution in [0.4, 0.5) is 0 Å². The summed E-state index contributed by atoms with van der Waals surface area (Å²) in [6.07, 6.45) is 1.86. The number of carboxylic acids is 1. The van der Waals surface area contributed by atoms with Crippen molar-refractivity contribution in [1.82, 2.24) is 15.1 Å². The highest BCUT2D eigenvalue weighted by molar-refractivity contribution is 5.88. The number of carboxylic acid groups (broad SMARTS) is 1. The molecule has 0 aliphatic carbocycles. The lowest BCUT2D eigenvalue weighted by Gasteiger charge is -2.24. The van der Waals surface area contributed by atoms with Crippen LogP contribution in [0.2, 0.25) is 0 Å². The molecule has 92 valence electrons. The van der Waals surface area contributed by atoms with E-state index >= 15 is 0 Å². The van der Waals surface area contributed by atoms with Gasteiger partial charge in [0, 0.05) is 5.56 Å². The maximum atomic E-state index is 11.4. The summed E-state index contributed by atoms with van der Waals surface area (Å²) in [5, 5.41) is 17.0. The number of aromatic nitrogens is 2. The number of ether oxygens (including phenoxy) is 1. The number of nitrogens with one attached hydrogen (secondary N) is 1. The molecule has 0 atom stereocenters. The van der Waals surface area contributed by atoms with Gasteiger partial charge in [0.15, 0.2) is 5.69 Å². The SMILES string of the molecule is O=C(O)c1c2c(nn1C1CCNCC1)COC2. The molecular weight excluding hydrogens is 222 g/mol. The van der Waals surface area contributed by atoms with Crippen molar-refractivity contribution in [2.45, 2.75) is 32.1 Å². The van der Waals surface area contributed by atoms with Crippen LogP contribution in [0.5, 0.6) is 0 Å². The number of hydrogen-bond acceptors (Lipinski definition) is 4. The molecule has 0 amide bonds. The zero-order chi connectivity index (χ0) is 11.8. The predicted molar refractivity (Wildman–Crippen MR) is 58.8 cm³/mol. The van der Waals surface area contributed by atoms with Gasteiger partial charge >= 0.3 is 5.97 Å². The summed E-state index contributed by atoms with van der Waals surface area (Å²) >= 11 is 0. The summed E-state index contributed by atoms with van der Waals surface area (Å²) in [4.78, 5) is 11.4. The molecule has 2 aliphatic heterocycles. The van der Waals surface area contributed by atoms with Gasteiger partial charge in [-0.3, -0.25) is 4.68 Å². The Balaban J connectivity index is 2.00. The van der Waals surface area contributed by atoms with Crippen LogP contribution in [-0.4, -0.2) is 33.9 Å². The number of carbonyl (C=O) groups is 1. The Hall–Kier alpha value is -1.40. The molecule has 1 aromatic heterocycles. The van der Waals surface area contributed by atoms with E-state index in [2.05, 4.69) is 10.4 Å². The van der Waals surface area contributed by atoms with Crippen LogP contribution in [0.15, 0.2) is 0 Å². The number of hydrogen-bond donors (Lipinski definition) is 2. The van der Waals surface area contributed by atoms with Crippen molar-refractivity contribution in [1.29, 1.82) is 0 Å². The summed E-state index contributed by atoms with van der Waals surface area (Å²) in [6.45, 7) is 2.66. The smallest absolute Gasteiger partial charge is 0.354 e. The molecule has 3 heterocycles. The monoisotopic (exact) mass is 237 g/mol. The van der Waals surface area contributed by atoms with Crippen molar-refractivity contribution in [3.05, 3.63) is 17.0 Å². The van der Waals surface area contributed by atoms with E-state index in [0.29, 0.717) is 18.9 Å². The summed E-state index contributed by atoms with van der Waals surface area (Å²) in [5.74, 6) is -0.900. The number of rotatable bonds is 2. The van der Waals surface area contributed by atoms with Crippen LogP contribution >= 0.6 is 0 Å². The van der Waals surface area contributed by atoms with Crippen molar-refractivity contribution in [3.63, 3.8) is 0 Å². The molecule has 0 bridgehead atoms. The lowest BCUT2D eigenvalue weighted by molar-refractivity contribution is 0.0669. The minimum Gasteiger partial charge on any atom is -0.477 e. The highest BCUT2D eigenvalue weighted by Crippen LogP contribution is 2.28. The molecule has 2 N–H and O–H groups in total.